The summed E-state index contributed by atoms with van der Waals surface area (Å²) in [4.78, 5) is 15.3. The molecule has 51 heavy (non-hydrogen) atoms. The monoisotopic (exact) mass is 651 g/mol. The fraction of sp³-hybridized carbons (Fsp3) is 0. The van der Waals surface area contributed by atoms with Gasteiger partial charge < -0.3 is 4.42 Å². The van der Waals surface area contributed by atoms with Gasteiger partial charge in [0.25, 0.3) is 0 Å². The Morgan fingerprint density at radius 2 is 0.902 bits per heavy atom. The van der Waals surface area contributed by atoms with E-state index >= 15 is 0 Å². The van der Waals surface area contributed by atoms with Crippen molar-refractivity contribution in [3.05, 3.63) is 176 Å². The molecule has 0 radical (unpaired) electrons. The lowest BCUT2D eigenvalue weighted by Crippen LogP contribution is -2.00. The molecule has 0 fully saturated rings. The minimum Gasteiger partial charge on any atom is -0.455 e. The van der Waals surface area contributed by atoms with Crippen LogP contribution >= 0.6 is 0 Å². The summed E-state index contributed by atoms with van der Waals surface area (Å²) >= 11 is 0. The summed E-state index contributed by atoms with van der Waals surface area (Å²) in [5.41, 5.74) is 8.91. The predicted molar refractivity (Wildman–Crippen MR) is 209 cm³/mol. The first-order valence-electron chi connectivity index (χ1n) is 17.1. The molecule has 0 saturated carbocycles. The van der Waals surface area contributed by atoms with Crippen molar-refractivity contribution in [2.24, 2.45) is 0 Å². The van der Waals surface area contributed by atoms with E-state index < -0.39 is 0 Å². The molecule has 10 aromatic rings. The van der Waals surface area contributed by atoms with Gasteiger partial charge in [0.1, 0.15) is 11.2 Å². The number of nitrogens with zero attached hydrogens (tertiary/aromatic N) is 3. The van der Waals surface area contributed by atoms with Crippen LogP contribution in [0.1, 0.15) is 0 Å². The molecule has 0 amide bonds. The fourth-order valence-electron chi connectivity index (χ4n) is 7.16. The molecule has 4 heteroatoms. The minimum absolute atomic E-state index is 0.611. The number of furan rings is 1. The molecule has 10 rings (SSSR count). The molecule has 8 aromatic carbocycles. The minimum atomic E-state index is 0.611. The molecule has 0 N–H and O–H groups in total. The largest absolute Gasteiger partial charge is 0.455 e. The van der Waals surface area contributed by atoms with Gasteiger partial charge in [0, 0.05) is 33.0 Å². The second kappa shape index (κ2) is 11.9. The Bertz CT molecular complexity index is 2920. The molecular formula is C47H29N3O. The molecule has 0 aliphatic heterocycles. The molecule has 238 valence electrons. The Balaban J connectivity index is 1.11. The maximum absolute atomic E-state index is 6.40. The van der Waals surface area contributed by atoms with E-state index in [0.29, 0.717) is 17.5 Å². The molecule has 0 spiro atoms. The fourth-order valence-corrected chi connectivity index (χ4v) is 7.16. The van der Waals surface area contributed by atoms with Gasteiger partial charge in [-0.25, -0.2) is 15.0 Å². The Kier molecular flexibility index (Phi) is 6.78. The zero-order valence-electron chi connectivity index (χ0n) is 27.5. The first kappa shape index (κ1) is 29.0. The van der Waals surface area contributed by atoms with E-state index in [1.807, 2.05) is 18.2 Å². The van der Waals surface area contributed by atoms with Crippen LogP contribution in [0.5, 0.6) is 0 Å². The van der Waals surface area contributed by atoms with E-state index in [0.717, 1.165) is 66.1 Å². The van der Waals surface area contributed by atoms with Gasteiger partial charge in [-0.05, 0) is 56.4 Å². The van der Waals surface area contributed by atoms with E-state index in [4.69, 9.17) is 19.4 Å². The maximum atomic E-state index is 6.40. The zero-order valence-corrected chi connectivity index (χ0v) is 27.5. The van der Waals surface area contributed by atoms with Crippen molar-refractivity contribution in [1.29, 1.82) is 0 Å². The highest BCUT2D eigenvalue weighted by Crippen LogP contribution is 2.37. The van der Waals surface area contributed by atoms with Crippen LogP contribution in [0.4, 0.5) is 0 Å². The lowest BCUT2D eigenvalue weighted by Gasteiger charge is -2.12. The Morgan fingerprint density at radius 1 is 0.314 bits per heavy atom. The highest BCUT2D eigenvalue weighted by atomic mass is 16.3. The van der Waals surface area contributed by atoms with Crippen molar-refractivity contribution in [1.82, 2.24) is 15.0 Å². The quantitative estimate of drug-likeness (QED) is 0.186. The van der Waals surface area contributed by atoms with Crippen LogP contribution in [-0.2, 0) is 0 Å². The summed E-state index contributed by atoms with van der Waals surface area (Å²) in [5.74, 6) is 1.87. The van der Waals surface area contributed by atoms with E-state index in [9.17, 15) is 0 Å². The average Bonchev–Trinajstić information content (AvgIpc) is 3.59. The zero-order chi connectivity index (χ0) is 33.7. The molecule has 4 nitrogen and oxygen atoms in total. The van der Waals surface area contributed by atoms with Crippen molar-refractivity contribution >= 4 is 43.5 Å². The average molecular weight is 652 g/mol. The molecule has 2 aromatic heterocycles. The standard InChI is InChI=1S/C47H29N3O/c1-2-12-34-28-35(27-24-30(34)10-1)31-22-25-33(26-23-31)45-48-46(50-47(49-45)42-20-8-13-32-11-3-4-16-38(32)42)37-15-7-14-36(29-37)39-18-9-19-41-40-17-5-6-21-43(40)51-44(39)41/h1-29H. The molecule has 0 saturated heterocycles. The van der Waals surface area contributed by atoms with Crippen LogP contribution < -0.4 is 0 Å². The molecule has 2 heterocycles. The molecule has 0 bridgehead atoms. The number of aromatic nitrogens is 3. The van der Waals surface area contributed by atoms with Gasteiger partial charge in [-0.2, -0.15) is 0 Å². The number of hydrogen-bond acceptors (Lipinski definition) is 4. The van der Waals surface area contributed by atoms with Gasteiger partial charge in [0.2, 0.25) is 0 Å². The van der Waals surface area contributed by atoms with Gasteiger partial charge in [0.05, 0.1) is 0 Å². The van der Waals surface area contributed by atoms with Gasteiger partial charge in [-0.15, -0.1) is 0 Å². The van der Waals surface area contributed by atoms with Crippen molar-refractivity contribution in [3.63, 3.8) is 0 Å². The molecule has 0 aliphatic rings. The first-order chi connectivity index (χ1) is 25.2. The Morgan fingerprint density at radius 3 is 1.78 bits per heavy atom. The predicted octanol–water partition coefficient (Wildman–Crippen LogP) is 12.4. The van der Waals surface area contributed by atoms with Crippen LogP contribution in [-0.4, -0.2) is 15.0 Å². The maximum Gasteiger partial charge on any atom is 0.164 e. The van der Waals surface area contributed by atoms with Crippen LogP contribution in [0, 0.1) is 0 Å². The van der Waals surface area contributed by atoms with E-state index in [2.05, 4.69) is 158 Å². The number of para-hydroxylation sites is 2. The summed E-state index contributed by atoms with van der Waals surface area (Å²) in [6.07, 6.45) is 0. The van der Waals surface area contributed by atoms with Crippen molar-refractivity contribution in [2.75, 3.05) is 0 Å². The summed E-state index contributed by atoms with van der Waals surface area (Å²) in [5, 5.41) is 6.90. The molecule has 0 unspecified atom stereocenters. The lowest BCUT2D eigenvalue weighted by atomic mass is 9.99. The second-order valence-electron chi connectivity index (χ2n) is 12.8. The molecular weight excluding hydrogens is 623 g/mol. The molecule has 0 atom stereocenters. The van der Waals surface area contributed by atoms with Gasteiger partial charge in [0.15, 0.2) is 17.5 Å². The number of rotatable bonds is 5. The smallest absolute Gasteiger partial charge is 0.164 e. The highest BCUT2D eigenvalue weighted by Gasteiger charge is 2.17. The van der Waals surface area contributed by atoms with Gasteiger partial charge in [-0.1, -0.05) is 158 Å². The third kappa shape index (κ3) is 5.13. The molecule has 0 aliphatic carbocycles. The van der Waals surface area contributed by atoms with Crippen LogP contribution in [0.15, 0.2) is 180 Å². The van der Waals surface area contributed by atoms with Crippen LogP contribution in [0.25, 0.3) is 99.9 Å². The Hall–Kier alpha value is -6.91. The summed E-state index contributed by atoms with van der Waals surface area (Å²) in [6, 6.07) is 61.1. The van der Waals surface area contributed by atoms with Crippen molar-refractivity contribution in [2.45, 2.75) is 0 Å². The number of hydrogen-bond donors (Lipinski definition) is 0. The van der Waals surface area contributed by atoms with E-state index in [1.165, 1.54) is 16.3 Å². The number of benzene rings is 8. The van der Waals surface area contributed by atoms with E-state index in [-0.39, 0.29) is 0 Å². The highest BCUT2D eigenvalue weighted by molar-refractivity contribution is 6.09. The van der Waals surface area contributed by atoms with E-state index in [1.54, 1.807) is 0 Å². The lowest BCUT2D eigenvalue weighted by molar-refractivity contribution is 0.670. The van der Waals surface area contributed by atoms with Gasteiger partial charge >= 0.3 is 0 Å². The normalized spacial score (nSPS) is 11.5. The summed E-state index contributed by atoms with van der Waals surface area (Å²) in [7, 11) is 0. The SMILES string of the molecule is c1cc(-c2nc(-c3ccc(-c4ccc5ccccc5c4)cc3)nc(-c3cccc4ccccc34)n2)cc(-c2cccc3c2oc2ccccc23)c1. The van der Waals surface area contributed by atoms with Crippen LogP contribution in [0.3, 0.4) is 0 Å². The summed E-state index contributed by atoms with van der Waals surface area (Å²) in [6.45, 7) is 0. The second-order valence-corrected chi connectivity index (χ2v) is 12.8. The first-order valence-corrected chi connectivity index (χ1v) is 17.1. The van der Waals surface area contributed by atoms with Crippen LogP contribution in [0.2, 0.25) is 0 Å². The van der Waals surface area contributed by atoms with Gasteiger partial charge in [-0.3, -0.25) is 0 Å². The third-order valence-corrected chi connectivity index (χ3v) is 9.73. The summed E-state index contributed by atoms with van der Waals surface area (Å²) < 4.78 is 6.40. The van der Waals surface area contributed by atoms with Crippen molar-refractivity contribution < 1.29 is 4.42 Å². The third-order valence-electron chi connectivity index (χ3n) is 9.73. The topological polar surface area (TPSA) is 51.8 Å². The Labute approximate surface area is 294 Å². The number of fused-ring (bicyclic) bond motifs is 5. The van der Waals surface area contributed by atoms with Crippen molar-refractivity contribution in [3.8, 4) is 56.4 Å².